The molecule has 4 aromatic rings. The van der Waals surface area contributed by atoms with E-state index >= 15 is 0 Å². The van der Waals surface area contributed by atoms with Crippen molar-refractivity contribution in [2.24, 2.45) is 0 Å². The lowest BCUT2D eigenvalue weighted by molar-refractivity contribution is 0.0713. The molecular weight excluding hydrogens is 434 g/mol. The Morgan fingerprint density at radius 1 is 1.00 bits per heavy atom. The lowest BCUT2D eigenvalue weighted by Gasteiger charge is -2.33. The maximum atomic E-state index is 13.8. The first kappa shape index (κ1) is 23.1. The number of aromatic nitrogens is 1. The van der Waals surface area contributed by atoms with Crippen LogP contribution in [0.2, 0.25) is 0 Å². The van der Waals surface area contributed by atoms with Crippen LogP contribution in [-0.2, 0) is 13.2 Å². The van der Waals surface area contributed by atoms with Crippen molar-refractivity contribution in [3.8, 4) is 0 Å². The van der Waals surface area contributed by atoms with Gasteiger partial charge in [-0.05, 0) is 42.4 Å². The van der Waals surface area contributed by atoms with Gasteiger partial charge in [0.15, 0.2) is 0 Å². The molecule has 2 N–H and O–H groups in total. The van der Waals surface area contributed by atoms with Crippen molar-refractivity contribution in [2.45, 2.75) is 38.8 Å². The van der Waals surface area contributed by atoms with E-state index in [1.54, 1.807) is 6.20 Å². The van der Waals surface area contributed by atoms with Gasteiger partial charge in [-0.3, -0.25) is 9.78 Å². The normalized spacial score (nSPS) is 14.3. The van der Waals surface area contributed by atoms with Crippen LogP contribution in [-0.4, -0.2) is 34.0 Å². The molecule has 0 aliphatic carbocycles. The maximum absolute atomic E-state index is 13.8. The molecule has 5 heteroatoms. The molecule has 178 valence electrons. The number of fused-ring (bicyclic) bond motifs is 1. The van der Waals surface area contributed by atoms with Gasteiger partial charge in [0, 0.05) is 36.8 Å². The van der Waals surface area contributed by atoms with Crippen molar-refractivity contribution in [1.82, 2.24) is 9.88 Å². The zero-order valence-electron chi connectivity index (χ0n) is 20.1. The first-order chi connectivity index (χ1) is 17.2. The highest BCUT2D eigenvalue weighted by molar-refractivity contribution is 6.08. The Morgan fingerprint density at radius 2 is 1.69 bits per heavy atom. The van der Waals surface area contributed by atoms with Gasteiger partial charge in [-0.15, -0.1) is 0 Å². The van der Waals surface area contributed by atoms with E-state index in [1.807, 2.05) is 48.2 Å². The molecule has 1 aliphatic rings. The monoisotopic (exact) mass is 465 g/mol. The van der Waals surface area contributed by atoms with Crippen LogP contribution in [0.5, 0.6) is 0 Å². The van der Waals surface area contributed by atoms with E-state index in [4.69, 9.17) is 0 Å². The number of carbonyl (C=O) groups excluding carboxylic acids is 1. The van der Waals surface area contributed by atoms with Crippen LogP contribution in [0, 0.1) is 6.92 Å². The first-order valence-corrected chi connectivity index (χ1v) is 12.3. The third-order valence-corrected chi connectivity index (χ3v) is 7.08. The standard InChI is InChI=1S/C30H31N3O2/c1-21-12-13-25(20-34)28-27(21)29(31-18-22-8-4-2-5-9-22)26(19-32-28)30(35)33-16-14-24(15-17-33)23-10-6-3-7-11-23/h2-13,19,24,34H,14-18,20H2,1H3,(H,31,32). The zero-order chi connectivity index (χ0) is 24.2. The van der Waals surface area contributed by atoms with E-state index in [9.17, 15) is 9.90 Å². The molecule has 1 amide bonds. The average molecular weight is 466 g/mol. The van der Waals surface area contributed by atoms with E-state index in [2.05, 4.69) is 46.7 Å². The number of benzene rings is 3. The van der Waals surface area contributed by atoms with Crippen molar-refractivity contribution in [1.29, 1.82) is 0 Å². The summed E-state index contributed by atoms with van der Waals surface area (Å²) in [5, 5.41) is 14.3. The van der Waals surface area contributed by atoms with Gasteiger partial charge in [-0.25, -0.2) is 0 Å². The van der Waals surface area contributed by atoms with Crippen LogP contribution in [0.1, 0.15) is 51.4 Å². The zero-order valence-corrected chi connectivity index (χ0v) is 20.1. The number of aliphatic hydroxyl groups is 1. The van der Waals surface area contributed by atoms with Crippen molar-refractivity contribution < 1.29 is 9.90 Å². The molecule has 1 aliphatic heterocycles. The van der Waals surface area contributed by atoms with Gasteiger partial charge in [-0.2, -0.15) is 0 Å². The molecule has 0 atom stereocenters. The number of carbonyl (C=O) groups is 1. The molecule has 0 radical (unpaired) electrons. The highest BCUT2D eigenvalue weighted by Crippen LogP contribution is 2.34. The maximum Gasteiger partial charge on any atom is 0.257 e. The van der Waals surface area contributed by atoms with Crippen LogP contribution >= 0.6 is 0 Å². The highest BCUT2D eigenvalue weighted by Gasteiger charge is 2.27. The van der Waals surface area contributed by atoms with Crippen LogP contribution in [0.25, 0.3) is 10.9 Å². The topological polar surface area (TPSA) is 65.5 Å². The van der Waals surface area contributed by atoms with Crippen LogP contribution in [0.4, 0.5) is 5.69 Å². The van der Waals surface area contributed by atoms with Gasteiger partial charge in [-0.1, -0.05) is 72.8 Å². The first-order valence-electron chi connectivity index (χ1n) is 12.3. The molecule has 1 aromatic heterocycles. The number of anilines is 1. The molecule has 0 saturated carbocycles. The van der Waals surface area contributed by atoms with E-state index in [0.29, 0.717) is 18.0 Å². The summed E-state index contributed by atoms with van der Waals surface area (Å²) in [5.41, 5.74) is 6.39. The summed E-state index contributed by atoms with van der Waals surface area (Å²) in [6.07, 6.45) is 3.59. The van der Waals surface area contributed by atoms with Gasteiger partial charge in [0.05, 0.1) is 23.4 Å². The number of aryl methyl sites for hydroxylation is 1. The smallest absolute Gasteiger partial charge is 0.257 e. The summed E-state index contributed by atoms with van der Waals surface area (Å²) >= 11 is 0. The fourth-order valence-corrected chi connectivity index (χ4v) is 5.10. The Kier molecular flexibility index (Phi) is 6.77. The number of nitrogens with one attached hydrogen (secondary N) is 1. The fourth-order valence-electron chi connectivity index (χ4n) is 5.10. The van der Waals surface area contributed by atoms with Crippen molar-refractivity contribution in [3.05, 3.63) is 107 Å². The largest absolute Gasteiger partial charge is 0.392 e. The number of pyridine rings is 1. The average Bonchev–Trinajstić information content (AvgIpc) is 2.92. The number of nitrogens with zero attached hydrogens (tertiary/aromatic N) is 2. The van der Waals surface area contributed by atoms with Gasteiger partial charge in [0.1, 0.15) is 0 Å². The van der Waals surface area contributed by atoms with Crippen LogP contribution in [0.15, 0.2) is 79.0 Å². The van der Waals surface area contributed by atoms with Crippen LogP contribution < -0.4 is 5.32 Å². The van der Waals surface area contributed by atoms with Crippen molar-refractivity contribution >= 4 is 22.5 Å². The molecule has 0 spiro atoms. The quantitative estimate of drug-likeness (QED) is 0.385. The number of piperidine rings is 1. The predicted molar refractivity (Wildman–Crippen MR) is 140 cm³/mol. The summed E-state index contributed by atoms with van der Waals surface area (Å²) in [7, 11) is 0. The fraction of sp³-hybridized carbons (Fsp3) is 0.267. The van der Waals surface area contributed by atoms with Crippen molar-refractivity contribution in [3.63, 3.8) is 0 Å². The molecule has 5 nitrogen and oxygen atoms in total. The minimum Gasteiger partial charge on any atom is -0.392 e. The Balaban J connectivity index is 1.46. The van der Waals surface area contributed by atoms with Gasteiger partial charge >= 0.3 is 0 Å². The number of hydrogen-bond acceptors (Lipinski definition) is 4. The molecule has 1 saturated heterocycles. The molecule has 0 unspecified atom stereocenters. The number of aliphatic hydroxyl groups excluding tert-OH is 1. The van der Waals surface area contributed by atoms with Crippen molar-refractivity contribution in [2.75, 3.05) is 18.4 Å². The van der Waals surface area contributed by atoms with Gasteiger partial charge < -0.3 is 15.3 Å². The lowest BCUT2D eigenvalue weighted by atomic mass is 9.89. The molecule has 0 bridgehead atoms. The minimum atomic E-state index is -0.0950. The second-order valence-electron chi connectivity index (χ2n) is 9.29. The molecular formula is C30H31N3O2. The summed E-state index contributed by atoms with van der Waals surface area (Å²) < 4.78 is 0. The summed E-state index contributed by atoms with van der Waals surface area (Å²) in [5.74, 6) is 0.496. The molecule has 3 aromatic carbocycles. The third kappa shape index (κ3) is 4.77. The Morgan fingerprint density at radius 3 is 2.37 bits per heavy atom. The number of rotatable bonds is 6. The Bertz CT molecular complexity index is 1310. The van der Waals surface area contributed by atoms with Gasteiger partial charge in [0.25, 0.3) is 5.91 Å². The van der Waals surface area contributed by atoms with E-state index in [1.165, 1.54) is 5.56 Å². The predicted octanol–water partition coefficient (Wildman–Crippen LogP) is 5.67. The number of hydrogen-bond donors (Lipinski definition) is 2. The van der Waals surface area contributed by atoms with Gasteiger partial charge in [0.2, 0.25) is 0 Å². The molecule has 5 rings (SSSR count). The SMILES string of the molecule is Cc1ccc(CO)c2ncc(C(=O)N3CCC(c4ccccc4)CC3)c(NCc3ccccc3)c12. The Labute approximate surface area is 206 Å². The summed E-state index contributed by atoms with van der Waals surface area (Å²) in [6.45, 7) is 3.98. The third-order valence-electron chi connectivity index (χ3n) is 7.08. The number of likely N-dealkylation sites (tertiary alicyclic amines) is 1. The Hall–Kier alpha value is -3.70. The van der Waals surface area contributed by atoms with E-state index in [0.717, 1.165) is 59.2 Å². The highest BCUT2D eigenvalue weighted by atomic mass is 16.3. The van der Waals surface area contributed by atoms with E-state index < -0.39 is 0 Å². The summed E-state index contributed by atoms with van der Waals surface area (Å²) in [4.78, 5) is 20.4. The minimum absolute atomic E-state index is 0.00951. The second kappa shape index (κ2) is 10.3. The van der Waals surface area contributed by atoms with E-state index in [-0.39, 0.29) is 12.5 Å². The molecule has 35 heavy (non-hydrogen) atoms. The lowest BCUT2D eigenvalue weighted by Crippen LogP contribution is -2.38. The second-order valence-corrected chi connectivity index (χ2v) is 9.29. The number of amides is 1. The van der Waals surface area contributed by atoms with Crippen LogP contribution in [0.3, 0.4) is 0 Å². The molecule has 1 fully saturated rings. The molecule has 2 heterocycles. The summed E-state index contributed by atoms with van der Waals surface area (Å²) in [6, 6.07) is 24.6.